The summed E-state index contributed by atoms with van der Waals surface area (Å²) in [6.45, 7) is 11.2. The molecule has 1 fully saturated rings. The molecule has 2 N–H and O–H groups in total. The summed E-state index contributed by atoms with van der Waals surface area (Å²) in [6, 6.07) is 12.1. The average Bonchev–Trinajstić information content (AvgIpc) is 3.29. The lowest BCUT2D eigenvalue weighted by Gasteiger charge is -2.35. The first-order valence-electron chi connectivity index (χ1n) is 13.5. The number of aryl methyl sites for hydroxylation is 1. The maximum Gasteiger partial charge on any atom is 0.410 e. The van der Waals surface area contributed by atoms with Crippen molar-refractivity contribution in [1.29, 1.82) is 0 Å². The lowest BCUT2D eigenvalue weighted by Crippen LogP contribution is -2.49. The number of imidazole rings is 1. The van der Waals surface area contributed by atoms with Crippen molar-refractivity contribution in [3.8, 4) is 11.3 Å². The van der Waals surface area contributed by atoms with Gasteiger partial charge in [0.1, 0.15) is 23.1 Å². The molecule has 11 nitrogen and oxygen atoms in total. The fourth-order valence-corrected chi connectivity index (χ4v) is 4.59. The number of pyridine rings is 1. The molecular formula is C29H37N9O2. The summed E-state index contributed by atoms with van der Waals surface area (Å²) in [4.78, 5) is 40.1. The zero-order valence-electron chi connectivity index (χ0n) is 24.0. The molecule has 5 rings (SSSR count). The topological polar surface area (TPSA) is 115 Å². The molecule has 0 radical (unpaired) electrons. The van der Waals surface area contributed by atoms with E-state index < -0.39 is 5.60 Å². The number of fused-ring (bicyclic) bond motifs is 1. The summed E-state index contributed by atoms with van der Waals surface area (Å²) < 4.78 is 5.51. The lowest BCUT2D eigenvalue weighted by atomic mass is 10.1. The van der Waals surface area contributed by atoms with E-state index in [1.165, 1.54) is 0 Å². The zero-order chi connectivity index (χ0) is 28.4. The van der Waals surface area contributed by atoms with Crippen molar-refractivity contribution in [2.45, 2.75) is 39.8 Å². The number of H-pyrrole nitrogens is 1. The van der Waals surface area contributed by atoms with Crippen LogP contribution in [0.2, 0.25) is 0 Å². The molecule has 0 aliphatic carbocycles. The minimum Gasteiger partial charge on any atom is -0.444 e. The van der Waals surface area contributed by atoms with Crippen molar-refractivity contribution in [3.63, 3.8) is 0 Å². The summed E-state index contributed by atoms with van der Waals surface area (Å²) in [5.74, 6) is 2.93. The van der Waals surface area contributed by atoms with Gasteiger partial charge in [0, 0.05) is 64.6 Å². The summed E-state index contributed by atoms with van der Waals surface area (Å²) in [7, 11) is 3.94. The first-order chi connectivity index (χ1) is 19.0. The van der Waals surface area contributed by atoms with Crippen LogP contribution >= 0.6 is 0 Å². The van der Waals surface area contributed by atoms with Gasteiger partial charge in [0.2, 0.25) is 5.95 Å². The quantitative estimate of drug-likeness (QED) is 0.360. The number of ether oxygens (including phenoxy) is 1. The van der Waals surface area contributed by atoms with Gasteiger partial charge in [-0.15, -0.1) is 0 Å². The van der Waals surface area contributed by atoms with Crippen molar-refractivity contribution < 1.29 is 9.53 Å². The molecule has 0 saturated carbocycles. The lowest BCUT2D eigenvalue weighted by molar-refractivity contribution is 0.0139. The fourth-order valence-electron chi connectivity index (χ4n) is 4.59. The molecule has 1 aromatic carbocycles. The van der Waals surface area contributed by atoms with E-state index in [0.29, 0.717) is 24.9 Å². The first-order valence-corrected chi connectivity index (χ1v) is 13.5. The minimum absolute atomic E-state index is 0.244. The van der Waals surface area contributed by atoms with Crippen molar-refractivity contribution in [3.05, 3.63) is 54.0 Å². The molecule has 0 bridgehead atoms. The zero-order valence-corrected chi connectivity index (χ0v) is 24.0. The average molecular weight is 544 g/mol. The van der Waals surface area contributed by atoms with E-state index in [0.717, 1.165) is 59.1 Å². The van der Waals surface area contributed by atoms with Gasteiger partial charge in [-0.3, -0.25) is 4.90 Å². The number of aromatic nitrogens is 5. The number of carbonyl (C=O) groups excluding carboxylic acids is 1. The van der Waals surface area contributed by atoms with E-state index in [-0.39, 0.29) is 6.09 Å². The number of carbonyl (C=O) groups is 1. The van der Waals surface area contributed by atoms with E-state index in [1.54, 1.807) is 11.1 Å². The Morgan fingerprint density at radius 3 is 2.55 bits per heavy atom. The second-order valence-electron chi connectivity index (χ2n) is 11.3. The first kappa shape index (κ1) is 27.3. The second kappa shape index (κ2) is 11.1. The maximum atomic E-state index is 12.4. The Morgan fingerprint density at radius 2 is 1.82 bits per heavy atom. The van der Waals surface area contributed by atoms with Gasteiger partial charge < -0.3 is 24.8 Å². The minimum atomic E-state index is -0.483. The van der Waals surface area contributed by atoms with Crippen molar-refractivity contribution in [2.24, 2.45) is 0 Å². The second-order valence-corrected chi connectivity index (χ2v) is 11.3. The Balaban J connectivity index is 1.23. The highest BCUT2D eigenvalue weighted by molar-refractivity contribution is 5.83. The Hall–Kier alpha value is -4.25. The Bertz CT molecular complexity index is 1500. The van der Waals surface area contributed by atoms with Gasteiger partial charge in [-0.05, 0) is 57.5 Å². The van der Waals surface area contributed by atoms with Crippen LogP contribution in [-0.4, -0.2) is 86.7 Å². The molecule has 0 spiro atoms. The van der Waals surface area contributed by atoms with Crippen molar-refractivity contribution in [2.75, 3.05) is 50.5 Å². The predicted octanol–water partition coefficient (Wildman–Crippen LogP) is 4.59. The summed E-state index contributed by atoms with van der Waals surface area (Å²) in [6.07, 6.45) is 1.56. The van der Waals surface area contributed by atoms with Gasteiger partial charge in [0.15, 0.2) is 0 Å². The summed E-state index contributed by atoms with van der Waals surface area (Å²) in [5, 5.41) is 3.31. The molecule has 40 heavy (non-hydrogen) atoms. The van der Waals surface area contributed by atoms with Crippen LogP contribution in [0.15, 0.2) is 42.6 Å². The van der Waals surface area contributed by atoms with Gasteiger partial charge in [0.05, 0.1) is 16.7 Å². The highest BCUT2D eigenvalue weighted by atomic mass is 16.6. The molecule has 11 heteroatoms. The van der Waals surface area contributed by atoms with Crippen LogP contribution in [0.1, 0.15) is 32.2 Å². The highest BCUT2D eigenvalue weighted by Crippen LogP contribution is 2.26. The number of rotatable bonds is 6. The molecule has 3 aromatic heterocycles. The Morgan fingerprint density at radius 1 is 1.05 bits per heavy atom. The predicted molar refractivity (Wildman–Crippen MR) is 157 cm³/mol. The fraction of sp³-hybridized carbons (Fsp3) is 0.414. The number of nitrogens with zero attached hydrogens (tertiary/aromatic N) is 7. The molecule has 1 saturated heterocycles. The van der Waals surface area contributed by atoms with Crippen LogP contribution in [0.3, 0.4) is 0 Å². The standard InChI is InChI=1S/C29H37N9O2/c1-19-31-23(17-26(32-19)36(5)6)21-7-8-22-24(16-21)34-27(33-22)35-25-15-20(9-10-30-25)18-37-11-13-38(14-12-37)28(39)40-29(2,3)4/h7-10,15-17H,11-14,18H2,1-6H3,(H2,30,33,34,35). The molecule has 210 valence electrons. The van der Waals surface area contributed by atoms with Gasteiger partial charge in [-0.2, -0.15) is 0 Å². The normalized spacial score (nSPS) is 14.4. The van der Waals surface area contributed by atoms with E-state index in [2.05, 4.69) is 36.2 Å². The van der Waals surface area contributed by atoms with Crippen molar-refractivity contribution in [1.82, 2.24) is 34.7 Å². The molecule has 1 amide bonds. The van der Waals surface area contributed by atoms with Gasteiger partial charge >= 0.3 is 6.09 Å². The smallest absolute Gasteiger partial charge is 0.410 e. The van der Waals surface area contributed by atoms with E-state index in [9.17, 15) is 4.79 Å². The number of aromatic amines is 1. The Kier molecular flexibility index (Phi) is 7.57. The molecule has 1 aliphatic rings. The Labute approximate surface area is 234 Å². The monoisotopic (exact) mass is 543 g/mol. The van der Waals surface area contributed by atoms with Gasteiger partial charge in [0.25, 0.3) is 0 Å². The highest BCUT2D eigenvalue weighted by Gasteiger charge is 2.25. The van der Waals surface area contributed by atoms with Crippen LogP contribution in [0, 0.1) is 6.92 Å². The summed E-state index contributed by atoms with van der Waals surface area (Å²) >= 11 is 0. The van der Waals surface area contributed by atoms with Crippen LogP contribution in [0.25, 0.3) is 22.3 Å². The molecule has 0 unspecified atom stereocenters. The van der Waals surface area contributed by atoms with E-state index >= 15 is 0 Å². The van der Waals surface area contributed by atoms with Crippen LogP contribution < -0.4 is 10.2 Å². The summed E-state index contributed by atoms with van der Waals surface area (Å²) in [5.41, 5.74) is 4.26. The molecule has 1 aliphatic heterocycles. The number of amides is 1. The van der Waals surface area contributed by atoms with Crippen molar-refractivity contribution >= 4 is 34.7 Å². The molecule has 4 aromatic rings. The largest absolute Gasteiger partial charge is 0.444 e. The van der Waals surface area contributed by atoms with E-state index in [4.69, 9.17) is 9.72 Å². The number of nitrogens with one attached hydrogen (secondary N) is 2. The SMILES string of the molecule is Cc1nc(-c2ccc3nc(Nc4cc(CN5CCN(C(=O)OC(C)(C)C)CC5)ccn4)[nH]c3c2)cc(N(C)C)n1. The third kappa shape index (κ3) is 6.66. The number of anilines is 3. The molecular weight excluding hydrogens is 506 g/mol. The van der Waals surface area contributed by atoms with Gasteiger partial charge in [-0.25, -0.2) is 24.7 Å². The maximum absolute atomic E-state index is 12.4. The van der Waals surface area contributed by atoms with Gasteiger partial charge in [-0.1, -0.05) is 6.07 Å². The number of hydrogen-bond acceptors (Lipinski definition) is 9. The number of piperazine rings is 1. The molecule has 4 heterocycles. The van der Waals surface area contributed by atoms with Crippen LogP contribution in [-0.2, 0) is 11.3 Å². The number of benzene rings is 1. The van der Waals surface area contributed by atoms with E-state index in [1.807, 2.05) is 77.0 Å². The number of hydrogen-bond donors (Lipinski definition) is 2. The third-order valence-electron chi connectivity index (χ3n) is 6.56. The van der Waals surface area contributed by atoms with Crippen LogP contribution in [0.5, 0.6) is 0 Å². The van der Waals surface area contributed by atoms with Crippen LogP contribution in [0.4, 0.5) is 22.4 Å². The third-order valence-corrected chi connectivity index (χ3v) is 6.56. The molecule has 0 atom stereocenters.